The fourth-order valence-electron chi connectivity index (χ4n) is 4.72. The van der Waals surface area contributed by atoms with Crippen LogP contribution in [0.25, 0.3) is 0 Å². The fourth-order valence-corrected chi connectivity index (χ4v) is 4.85. The summed E-state index contributed by atoms with van der Waals surface area (Å²) < 4.78 is 0. The third kappa shape index (κ3) is 10.2. The number of piperidine rings is 1. The van der Waals surface area contributed by atoms with E-state index in [1.54, 1.807) is 6.20 Å². The van der Waals surface area contributed by atoms with Crippen LogP contribution in [-0.4, -0.2) is 52.4 Å². The second-order valence-corrected chi connectivity index (χ2v) is 10.3. The maximum Gasteiger partial charge on any atom is 0.220 e. The predicted octanol–water partition coefficient (Wildman–Crippen LogP) is 4.47. The van der Waals surface area contributed by atoms with Crippen LogP contribution in [-0.2, 0) is 11.2 Å². The lowest BCUT2D eigenvalue weighted by Crippen LogP contribution is -2.52. The number of halogens is 1. The van der Waals surface area contributed by atoms with Gasteiger partial charge in [0.2, 0.25) is 5.91 Å². The van der Waals surface area contributed by atoms with E-state index in [0.717, 1.165) is 43.1 Å². The van der Waals surface area contributed by atoms with Crippen molar-refractivity contribution in [3.63, 3.8) is 0 Å². The fraction of sp³-hybridized carbons (Fsp3) is 0.556. The molecule has 200 valence electrons. The van der Waals surface area contributed by atoms with Crippen LogP contribution in [0.1, 0.15) is 65.0 Å². The summed E-state index contributed by atoms with van der Waals surface area (Å²) in [6.07, 6.45) is 5.94. The Balaban J connectivity index is 0. The van der Waals surface area contributed by atoms with Crippen molar-refractivity contribution in [1.82, 2.24) is 21.4 Å². The molecule has 7 nitrogen and oxygen atoms in total. The number of hydrogen-bond donors (Lipinski definition) is 2. The number of amides is 1. The first-order valence-electron chi connectivity index (χ1n) is 11.4. The van der Waals surface area contributed by atoms with E-state index in [1.165, 1.54) is 5.56 Å². The molecule has 1 saturated heterocycles. The van der Waals surface area contributed by atoms with E-state index in [4.69, 9.17) is 11.6 Å². The molecule has 0 unspecified atom stereocenters. The molecule has 1 aliphatic heterocycles. The van der Waals surface area contributed by atoms with Gasteiger partial charge in [-0.25, -0.2) is 0 Å². The summed E-state index contributed by atoms with van der Waals surface area (Å²) in [7, 11) is 0. The Morgan fingerprint density at radius 1 is 1.20 bits per heavy atom. The molecule has 2 atom stereocenters. The number of nitrogens with one attached hydrogen (secondary N) is 1. The van der Waals surface area contributed by atoms with Crippen molar-refractivity contribution in [3.05, 3.63) is 64.9 Å². The maximum atomic E-state index is 12.6. The van der Waals surface area contributed by atoms with Gasteiger partial charge in [-0.3, -0.25) is 9.78 Å². The highest BCUT2D eigenvalue weighted by Crippen LogP contribution is 2.42. The van der Waals surface area contributed by atoms with Gasteiger partial charge in [0.05, 0.1) is 0 Å². The van der Waals surface area contributed by atoms with Gasteiger partial charge < -0.3 is 27.3 Å². The molecule has 0 radical (unpaired) electrons. The zero-order valence-corrected chi connectivity index (χ0v) is 21.7. The quantitative estimate of drug-likeness (QED) is 0.539. The number of rotatable bonds is 8. The lowest BCUT2D eigenvalue weighted by Gasteiger charge is -2.46. The van der Waals surface area contributed by atoms with Crippen LogP contribution in [0.5, 0.6) is 0 Å². The molecule has 2 aromatic rings. The van der Waals surface area contributed by atoms with E-state index in [-0.39, 0.29) is 41.9 Å². The van der Waals surface area contributed by atoms with Crippen molar-refractivity contribution < 1.29 is 15.7 Å². The Hall–Kier alpha value is -2.03. The van der Waals surface area contributed by atoms with E-state index in [0.29, 0.717) is 18.3 Å². The first-order chi connectivity index (χ1) is 14.7. The molecule has 1 fully saturated rings. The van der Waals surface area contributed by atoms with Crippen LogP contribution in [0.3, 0.4) is 0 Å². The summed E-state index contributed by atoms with van der Waals surface area (Å²) >= 11 is 6.08. The molecule has 0 bridgehead atoms. The topological polar surface area (TPSA) is 143 Å². The molecule has 3 rings (SSSR count). The van der Waals surface area contributed by atoms with E-state index >= 15 is 0 Å². The Morgan fingerprint density at radius 3 is 2.40 bits per heavy atom. The average molecular weight is 511 g/mol. The van der Waals surface area contributed by atoms with Crippen molar-refractivity contribution in [3.8, 4) is 0 Å². The number of benzene rings is 1. The highest BCUT2D eigenvalue weighted by molar-refractivity contribution is 6.30. The van der Waals surface area contributed by atoms with Gasteiger partial charge in [0.1, 0.15) is 0 Å². The van der Waals surface area contributed by atoms with E-state index in [9.17, 15) is 4.79 Å². The summed E-state index contributed by atoms with van der Waals surface area (Å²) in [4.78, 5) is 19.3. The Bertz CT molecular complexity index is 847. The summed E-state index contributed by atoms with van der Waals surface area (Å²) in [6.45, 7) is 12.1. The zero-order valence-electron chi connectivity index (χ0n) is 21.0. The number of pyridine rings is 1. The highest BCUT2D eigenvalue weighted by atomic mass is 35.5. The van der Waals surface area contributed by atoms with Crippen LogP contribution in [0.15, 0.2) is 48.8 Å². The molecule has 1 aromatic heterocycles. The summed E-state index contributed by atoms with van der Waals surface area (Å²) in [5.74, 6) is 1.03. The smallest absolute Gasteiger partial charge is 0.220 e. The van der Waals surface area contributed by atoms with E-state index < -0.39 is 0 Å². The third-order valence-electron chi connectivity index (χ3n) is 6.55. The number of likely N-dealkylation sites (tertiary alicyclic amines) is 1. The van der Waals surface area contributed by atoms with Crippen molar-refractivity contribution in [1.29, 1.82) is 0 Å². The first kappa shape index (κ1) is 35.1. The Labute approximate surface area is 216 Å². The van der Waals surface area contributed by atoms with Crippen molar-refractivity contribution in [2.75, 3.05) is 19.6 Å². The van der Waals surface area contributed by atoms with Gasteiger partial charge in [0, 0.05) is 43.0 Å². The Morgan fingerprint density at radius 2 is 1.86 bits per heavy atom. The molecular weight excluding hydrogens is 464 g/mol. The van der Waals surface area contributed by atoms with Crippen molar-refractivity contribution in [2.24, 2.45) is 11.3 Å². The Kier molecular flexibility index (Phi) is 15.9. The molecular formula is C27H47ClN4O3. The number of aromatic nitrogens is 1. The minimum atomic E-state index is 0. The van der Waals surface area contributed by atoms with E-state index in [1.807, 2.05) is 30.5 Å². The molecule has 1 aliphatic rings. The van der Waals surface area contributed by atoms with Crippen molar-refractivity contribution in [2.45, 2.75) is 66.3 Å². The van der Waals surface area contributed by atoms with Gasteiger partial charge in [0.15, 0.2) is 0 Å². The third-order valence-corrected chi connectivity index (χ3v) is 6.80. The number of nitrogens with zero attached hydrogens (tertiary/aromatic N) is 2. The summed E-state index contributed by atoms with van der Waals surface area (Å²) in [5.41, 5.74) is 2.64. The first-order valence-corrected chi connectivity index (χ1v) is 11.8. The van der Waals surface area contributed by atoms with Crippen LogP contribution >= 0.6 is 11.6 Å². The minimum absolute atomic E-state index is 0. The van der Waals surface area contributed by atoms with Crippen LogP contribution in [0, 0.1) is 11.3 Å². The second-order valence-electron chi connectivity index (χ2n) is 9.90. The van der Waals surface area contributed by atoms with Gasteiger partial charge in [-0.05, 0) is 66.0 Å². The van der Waals surface area contributed by atoms with Crippen LogP contribution in [0.2, 0.25) is 5.02 Å². The van der Waals surface area contributed by atoms with Gasteiger partial charge in [-0.15, -0.1) is 0 Å². The van der Waals surface area contributed by atoms with Gasteiger partial charge in [-0.1, -0.05) is 64.9 Å². The predicted molar refractivity (Wildman–Crippen MR) is 147 cm³/mol. The molecule has 1 amide bonds. The monoisotopic (exact) mass is 510 g/mol. The number of aryl methyl sites for hydroxylation is 1. The standard InChI is InChI=1S/C26H36ClN3O.CH4.H3N.2H2O/c1-19(2)24(29-25(31)12-7-20-6-5-14-28-16-20)17-30-15-13-23(26(3,4)18-30)21-8-10-22(27)11-9-21;;;;/h5-6,8-11,14,16,19,23-24H,7,12-13,15,17-18H2,1-4H3,(H,29,31);1H4;1H3;2*1H2/t23-,24+;;;;/m1..../s1. The summed E-state index contributed by atoms with van der Waals surface area (Å²) in [5, 5.41) is 4.08. The van der Waals surface area contributed by atoms with Gasteiger partial charge in [-0.2, -0.15) is 0 Å². The molecule has 0 spiro atoms. The molecule has 35 heavy (non-hydrogen) atoms. The largest absolute Gasteiger partial charge is 0.412 e. The molecule has 8 N–H and O–H groups in total. The molecule has 2 heterocycles. The summed E-state index contributed by atoms with van der Waals surface area (Å²) in [6, 6.07) is 12.4. The highest BCUT2D eigenvalue weighted by Gasteiger charge is 2.37. The lowest BCUT2D eigenvalue weighted by molar-refractivity contribution is -0.122. The van der Waals surface area contributed by atoms with Crippen LogP contribution in [0.4, 0.5) is 0 Å². The van der Waals surface area contributed by atoms with Crippen molar-refractivity contribution >= 4 is 17.5 Å². The minimum Gasteiger partial charge on any atom is -0.412 e. The number of carbonyl (C=O) groups is 1. The number of hydrogen-bond acceptors (Lipinski definition) is 4. The van der Waals surface area contributed by atoms with E-state index in [2.05, 4.69) is 55.0 Å². The molecule has 1 aromatic carbocycles. The second kappa shape index (κ2) is 15.9. The van der Waals surface area contributed by atoms with Gasteiger partial charge in [0.25, 0.3) is 0 Å². The normalized spacial score (nSPS) is 17.6. The molecule has 0 aliphatic carbocycles. The lowest BCUT2D eigenvalue weighted by atomic mass is 9.70. The molecule has 8 heteroatoms. The molecule has 0 saturated carbocycles. The van der Waals surface area contributed by atoms with Gasteiger partial charge >= 0.3 is 0 Å². The SMILES string of the molecule is C.CC(C)[C@H](CN1CC[C@H](c2ccc(Cl)cc2)C(C)(C)C1)NC(=O)CCc1cccnc1.N.O.O. The van der Waals surface area contributed by atoms with Crippen LogP contribution < -0.4 is 11.5 Å². The maximum absolute atomic E-state index is 12.6. The zero-order chi connectivity index (χ0) is 22.4. The number of carbonyl (C=O) groups excluding carboxylic acids is 1. The average Bonchev–Trinajstić information content (AvgIpc) is 2.73.